The number of rotatable bonds is 0. The molecule has 0 aromatic rings. The van der Waals surface area contributed by atoms with Gasteiger partial charge in [-0.25, -0.2) is 0 Å². The van der Waals surface area contributed by atoms with Crippen LogP contribution in [0.5, 0.6) is 0 Å². The fourth-order valence-electron chi connectivity index (χ4n) is 0.972. The monoisotopic (exact) mass is 112 g/mol. The Bertz CT molecular complexity index is 96.6. The van der Waals surface area contributed by atoms with Crippen LogP contribution in [-0.2, 0) is 4.74 Å². The van der Waals surface area contributed by atoms with Gasteiger partial charge in [0.2, 0.25) is 0 Å². The minimum atomic E-state index is 0.413. The summed E-state index contributed by atoms with van der Waals surface area (Å²) in [4.78, 5) is 0. The maximum absolute atomic E-state index is 5.29. The lowest BCUT2D eigenvalue weighted by atomic mass is 10.1. The van der Waals surface area contributed by atoms with Crippen LogP contribution in [0.15, 0.2) is 12.2 Å². The van der Waals surface area contributed by atoms with Crippen molar-refractivity contribution in [2.75, 3.05) is 6.61 Å². The van der Waals surface area contributed by atoms with Crippen molar-refractivity contribution < 1.29 is 4.74 Å². The van der Waals surface area contributed by atoms with Crippen LogP contribution in [0.3, 0.4) is 0 Å². The Morgan fingerprint density at radius 2 is 2.50 bits per heavy atom. The van der Waals surface area contributed by atoms with E-state index in [1.807, 2.05) is 0 Å². The van der Waals surface area contributed by atoms with Crippen LogP contribution in [0.25, 0.3) is 0 Å². The standard InChI is InChI=1S/C7H12O/c1-6-3-4-8-7(2)5-6/h7H,1,3-5H2,2H3/t7-/m0/s1. The molecule has 1 heterocycles. The van der Waals surface area contributed by atoms with Crippen LogP contribution in [-0.4, -0.2) is 12.7 Å². The molecule has 8 heavy (non-hydrogen) atoms. The highest BCUT2D eigenvalue weighted by Crippen LogP contribution is 2.15. The van der Waals surface area contributed by atoms with Crippen LogP contribution in [0.2, 0.25) is 0 Å². The molecule has 46 valence electrons. The molecule has 0 aromatic carbocycles. The molecule has 0 spiro atoms. The van der Waals surface area contributed by atoms with Crippen molar-refractivity contribution in [3.63, 3.8) is 0 Å². The van der Waals surface area contributed by atoms with Gasteiger partial charge in [-0.2, -0.15) is 0 Å². The topological polar surface area (TPSA) is 9.23 Å². The summed E-state index contributed by atoms with van der Waals surface area (Å²) in [7, 11) is 0. The van der Waals surface area contributed by atoms with Crippen molar-refractivity contribution in [1.29, 1.82) is 0 Å². The Balaban J connectivity index is 2.34. The van der Waals surface area contributed by atoms with Gasteiger partial charge in [-0.05, 0) is 19.8 Å². The molecule has 0 aromatic heterocycles. The normalized spacial score (nSPS) is 30.6. The largest absolute Gasteiger partial charge is 0.378 e. The molecule has 0 radical (unpaired) electrons. The zero-order chi connectivity index (χ0) is 5.98. The van der Waals surface area contributed by atoms with Gasteiger partial charge in [0.25, 0.3) is 0 Å². The highest BCUT2D eigenvalue weighted by molar-refractivity contribution is 4.97. The van der Waals surface area contributed by atoms with E-state index in [0.717, 1.165) is 19.4 Å². The summed E-state index contributed by atoms with van der Waals surface area (Å²) in [6.07, 6.45) is 2.53. The first-order chi connectivity index (χ1) is 3.79. The molecule has 1 aliphatic heterocycles. The molecule has 0 N–H and O–H groups in total. The van der Waals surface area contributed by atoms with Crippen LogP contribution in [0.1, 0.15) is 19.8 Å². The van der Waals surface area contributed by atoms with E-state index in [0.29, 0.717) is 6.10 Å². The first kappa shape index (κ1) is 5.83. The summed E-state index contributed by atoms with van der Waals surface area (Å²) < 4.78 is 5.29. The maximum Gasteiger partial charge on any atom is 0.0584 e. The summed E-state index contributed by atoms with van der Waals surface area (Å²) in [6, 6.07) is 0. The third-order valence-corrected chi connectivity index (χ3v) is 1.43. The van der Waals surface area contributed by atoms with Crippen molar-refractivity contribution in [2.24, 2.45) is 0 Å². The van der Waals surface area contributed by atoms with E-state index >= 15 is 0 Å². The number of ether oxygens (including phenoxy) is 1. The van der Waals surface area contributed by atoms with Crippen molar-refractivity contribution in [3.05, 3.63) is 12.2 Å². The van der Waals surface area contributed by atoms with Crippen LogP contribution in [0.4, 0.5) is 0 Å². The first-order valence-electron chi connectivity index (χ1n) is 3.07. The van der Waals surface area contributed by atoms with E-state index in [-0.39, 0.29) is 0 Å². The molecular weight excluding hydrogens is 100 g/mol. The molecular formula is C7H12O. The zero-order valence-electron chi connectivity index (χ0n) is 5.31. The van der Waals surface area contributed by atoms with Crippen LogP contribution >= 0.6 is 0 Å². The zero-order valence-corrected chi connectivity index (χ0v) is 5.31. The van der Waals surface area contributed by atoms with Crippen molar-refractivity contribution in [2.45, 2.75) is 25.9 Å². The van der Waals surface area contributed by atoms with Crippen LogP contribution in [0, 0.1) is 0 Å². The molecule has 0 unspecified atom stereocenters. The van der Waals surface area contributed by atoms with Gasteiger partial charge in [0.1, 0.15) is 0 Å². The third-order valence-electron chi connectivity index (χ3n) is 1.43. The van der Waals surface area contributed by atoms with E-state index in [1.54, 1.807) is 0 Å². The number of hydrogen-bond acceptors (Lipinski definition) is 1. The number of hydrogen-bond donors (Lipinski definition) is 0. The first-order valence-corrected chi connectivity index (χ1v) is 3.07. The van der Waals surface area contributed by atoms with Gasteiger partial charge in [0.05, 0.1) is 12.7 Å². The molecule has 1 rings (SSSR count). The Kier molecular flexibility index (Phi) is 1.69. The summed E-state index contributed by atoms with van der Waals surface area (Å²) in [5.74, 6) is 0. The Morgan fingerprint density at radius 3 is 2.88 bits per heavy atom. The average molecular weight is 112 g/mol. The maximum atomic E-state index is 5.29. The van der Waals surface area contributed by atoms with Crippen molar-refractivity contribution >= 4 is 0 Å². The lowest BCUT2D eigenvalue weighted by molar-refractivity contribution is 0.0489. The van der Waals surface area contributed by atoms with E-state index in [4.69, 9.17) is 4.74 Å². The van der Waals surface area contributed by atoms with Gasteiger partial charge >= 0.3 is 0 Å². The molecule has 1 aliphatic rings. The highest BCUT2D eigenvalue weighted by Gasteiger charge is 2.09. The summed E-state index contributed by atoms with van der Waals surface area (Å²) in [6.45, 7) is 6.85. The Labute approximate surface area is 50.3 Å². The predicted molar refractivity (Wildman–Crippen MR) is 33.8 cm³/mol. The summed E-state index contributed by atoms with van der Waals surface area (Å²) >= 11 is 0. The molecule has 1 fully saturated rings. The fourth-order valence-corrected chi connectivity index (χ4v) is 0.972. The fraction of sp³-hybridized carbons (Fsp3) is 0.714. The SMILES string of the molecule is C=C1CCO[C@@H](C)C1. The van der Waals surface area contributed by atoms with E-state index < -0.39 is 0 Å². The van der Waals surface area contributed by atoms with Gasteiger partial charge in [-0.1, -0.05) is 12.2 Å². The summed E-state index contributed by atoms with van der Waals surface area (Å²) in [5.41, 5.74) is 1.34. The lowest BCUT2D eigenvalue weighted by Crippen LogP contribution is -2.16. The Morgan fingerprint density at radius 1 is 1.75 bits per heavy atom. The molecule has 0 bridgehead atoms. The molecule has 0 amide bonds. The highest BCUT2D eigenvalue weighted by atomic mass is 16.5. The lowest BCUT2D eigenvalue weighted by Gasteiger charge is -2.20. The average Bonchev–Trinajstić information content (AvgIpc) is 1.64. The molecule has 0 aliphatic carbocycles. The van der Waals surface area contributed by atoms with Crippen molar-refractivity contribution in [1.82, 2.24) is 0 Å². The molecule has 1 heteroatoms. The quantitative estimate of drug-likeness (QED) is 0.434. The van der Waals surface area contributed by atoms with Gasteiger partial charge < -0.3 is 4.74 Å². The van der Waals surface area contributed by atoms with Gasteiger partial charge in [-0.3, -0.25) is 0 Å². The smallest absolute Gasteiger partial charge is 0.0584 e. The second-order valence-corrected chi connectivity index (χ2v) is 2.39. The second-order valence-electron chi connectivity index (χ2n) is 2.39. The van der Waals surface area contributed by atoms with Gasteiger partial charge in [0.15, 0.2) is 0 Å². The van der Waals surface area contributed by atoms with Crippen molar-refractivity contribution in [3.8, 4) is 0 Å². The van der Waals surface area contributed by atoms with E-state index in [9.17, 15) is 0 Å². The molecule has 0 saturated carbocycles. The third kappa shape index (κ3) is 1.34. The molecule has 1 nitrogen and oxygen atoms in total. The second kappa shape index (κ2) is 2.31. The molecule has 1 saturated heterocycles. The van der Waals surface area contributed by atoms with Crippen LogP contribution < -0.4 is 0 Å². The minimum absolute atomic E-state index is 0.413. The van der Waals surface area contributed by atoms with E-state index in [2.05, 4.69) is 13.5 Å². The van der Waals surface area contributed by atoms with E-state index in [1.165, 1.54) is 5.57 Å². The Hall–Kier alpha value is -0.300. The minimum Gasteiger partial charge on any atom is -0.378 e. The van der Waals surface area contributed by atoms with Gasteiger partial charge in [0, 0.05) is 0 Å². The molecule has 1 atom stereocenters. The summed E-state index contributed by atoms with van der Waals surface area (Å²) in [5, 5.41) is 0. The predicted octanol–water partition coefficient (Wildman–Crippen LogP) is 1.74. The van der Waals surface area contributed by atoms with Gasteiger partial charge in [-0.15, -0.1) is 0 Å².